The maximum Gasteiger partial charge on any atom is 0.414 e. The summed E-state index contributed by atoms with van der Waals surface area (Å²) in [7, 11) is 3.21. The zero-order valence-electron chi connectivity index (χ0n) is 15.8. The quantitative estimate of drug-likeness (QED) is 0.850. The summed E-state index contributed by atoms with van der Waals surface area (Å²) in [4.78, 5) is 25.0. The van der Waals surface area contributed by atoms with E-state index in [4.69, 9.17) is 9.47 Å². The molecule has 1 rings (SSSR count). The van der Waals surface area contributed by atoms with Crippen LogP contribution in [0.3, 0.4) is 0 Å². The third kappa shape index (κ3) is 7.01. The molecule has 0 saturated heterocycles. The number of nitrogens with one attached hydrogen (secondary N) is 1. The Balaban J connectivity index is 2.92. The molecule has 140 valence electrons. The lowest BCUT2D eigenvalue weighted by molar-refractivity contribution is 0.0496. The number of nitrogens with zero attached hydrogens (tertiary/aromatic N) is 1. The van der Waals surface area contributed by atoms with E-state index >= 15 is 0 Å². The van der Waals surface area contributed by atoms with E-state index in [-0.39, 0.29) is 6.61 Å². The van der Waals surface area contributed by atoms with Gasteiger partial charge < -0.3 is 24.8 Å². The van der Waals surface area contributed by atoms with E-state index in [9.17, 15) is 14.7 Å². The maximum absolute atomic E-state index is 12.0. The standard InChI is InChI=1S/C18H28N2O5/c1-12-11-13(7-8-15(12)24-17(23)20(5)6)14(9-10-21)19-16(22)25-18(2,3)4/h7-8,11,14,21H,9-10H2,1-6H3,(H,19,22)/t14-/m0/s1. The highest BCUT2D eigenvalue weighted by molar-refractivity contribution is 5.70. The first kappa shape index (κ1) is 20.8. The summed E-state index contributed by atoms with van der Waals surface area (Å²) in [5.74, 6) is 0.447. The van der Waals surface area contributed by atoms with Gasteiger partial charge in [0.2, 0.25) is 0 Å². The van der Waals surface area contributed by atoms with Gasteiger partial charge in [-0.2, -0.15) is 0 Å². The fourth-order valence-corrected chi connectivity index (χ4v) is 2.09. The Kier molecular flexibility index (Phi) is 7.23. The summed E-state index contributed by atoms with van der Waals surface area (Å²) in [5, 5.41) is 12.0. The minimum Gasteiger partial charge on any atom is -0.444 e. The Labute approximate surface area is 148 Å². The zero-order chi connectivity index (χ0) is 19.2. The molecule has 2 N–H and O–H groups in total. The third-order valence-corrected chi connectivity index (χ3v) is 3.27. The number of ether oxygens (including phenoxy) is 2. The van der Waals surface area contributed by atoms with Crippen molar-refractivity contribution < 1.29 is 24.2 Å². The number of benzene rings is 1. The second-order valence-corrected chi connectivity index (χ2v) is 7.00. The number of hydrogen-bond donors (Lipinski definition) is 2. The molecule has 7 nitrogen and oxygen atoms in total. The van der Waals surface area contributed by atoms with Crippen molar-refractivity contribution in [2.75, 3.05) is 20.7 Å². The third-order valence-electron chi connectivity index (χ3n) is 3.27. The number of aryl methyl sites for hydroxylation is 1. The van der Waals surface area contributed by atoms with Crippen molar-refractivity contribution in [2.45, 2.75) is 45.8 Å². The number of rotatable bonds is 5. The van der Waals surface area contributed by atoms with Crippen LogP contribution < -0.4 is 10.1 Å². The van der Waals surface area contributed by atoms with Gasteiger partial charge in [-0.05, 0) is 51.3 Å². The lowest BCUT2D eigenvalue weighted by atomic mass is 10.0. The van der Waals surface area contributed by atoms with Gasteiger partial charge in [-0.25, -0.2) is 9.59 Å². The summed E-state index contributed by atoms with van der Waals surface area (Å²) in [6, 6.07) is 4.84. The largest absolute Gasteiger partial charge is 0.444 e. The molecule has 0 radical (unpaired) electrons. The molecule has 25 heavy (non-hydrogen) atoms. The fourth-order valence-electron chi connectivity index (χ4n) is 2.09. The van der Waals surface area contributed by atoms with Gasteiger partial charge in [0.25, 0.3) is 0 Å². The Morgan fingerprint density at radius 2 is 1.92 bits per heavy atom. The molecule has 0 fully saturated rings. The summed E-state index contributed by atoms with van der Waals surface area (Å²) in [5.41, 5.74) is 0.942. The number of hydrogen-bond acceptors (Lipinski definition) is 5. The van der Waals surface area contributed by atoms with E-state index in [1.54, 1.807) is 47.0 Å². The molecular formula is C18H28N2O5. The normalized spacial score (nSPS) is 12.3. The lowest BCUT2D eigenvalue weighted by Crippen LogP contribution is -2.35. The van der Waals surface area contributed by atoms with Crippen LogP contribution in [0, 0.1) is 6.92 Å². The van der Waals surface area contributed by atoms with Crippen LogP contribution in [0.2, 0.25) is 0 Å². The molecule has 0 saturated carbocycles. The van der Waals surface area contributed by atoms with Gasteiger partial charge in [-0.1, -0.05) is 12.1 Å². The van der Waals surface area contributed by atoms with Crippen LogP contribution >= 0.6 is 0 Å². The minimum atomic E-state index is -0.603. The second kappa shape index (κ2) is 8.71. The van der Waals surface area contributed by atoms with E-state index in [1.165, 1.54) is 4.90 Å². The first-order chi connectivity index (χ1) is 11.5. The maximum atomic E-state index is 12.0. The average Bonchev–Trinajstić information content (AvgIpc) is 2.46. The van der Waals surface area contributed by atoms with Crippen molar-refractivity contribution in [1.82, 2.24) is 10.2 Å². The molecule has 0 aliphatic heterocycles. The summed E-state index contributed by atoms with van der Waals surface area (Å²) >= 11 is 0. The lowest BCUT2D eigenvalue weighted by Gasteiger charge is -2.24. The molecule has 0 bridgehead atoms. The van der Waals surface area contributed by atoms with Gasteiger partial charge in [0.1, 0.15) is 11.4 Å². The van der Waals surface area contributed by atoms with Crippen LogP contribution in [0.15, 0.2) is 18.2 Å². The highest BCUT2D eigenvalue weighted by atomic mass is 16.6. The molecular weight excluding hydrogens is 324 g/mol. The van der Waals surface area contributed by atoms with Crippen molar-refractivity contribution in [2.24, 2.45) is 0 Å². The summed E-state index contributed by atoms with van der Waals surface area (Å²) < 4.78 is 10.5. The van der Waals surface area contributed by atoms with E-state index in [0.717, 1.165) is 11.1 Å². The van der Waals surface area contributed by atoms with E-state index in [0.29, 0.717) is 12.2 Å². The topological polar surface area (TPSA) is 88.1 Å². The predicted molar refractivity (Wildman–Crippen MR) is 94.7 cm³/mol. The van der Waals surface area contributed by atoms with Gasteiger partial charge in [0.15, 0.2) is 0 Å². The van der Waals surface area contributed by atoms with Crippen LogP contribution in [-0.2, 0) is 4.74 Å². The average molecular weight is 352 g/mol. The molecule has 0 aliphatic rings. The van der Waals surface area contributed by atoms with Gasteiger partial charge in [-0.15, -0.1) is 0 Å². The number of amides is 2. The SMILES string of the molecule is Cc1cc([C@H](CCO)NC(=O)OC(C)(C)C)ccc1OC(=O)N(C)C. The molecule has 1 atom stereocenters. The number of alkyl carbamates (subject to hydrolysis) is 1. The first-order valence-corrected chi connectivity index (χ1v) is 8.13. The Bertz CT molecular complexity index is 608. The predicted octanol–water partition coefficient (Wildman–Crippen LogP) is 3.00. The minimum absolute atomic E-state index is 0.0864. The monoisotopic (exact) mass is 352 g/mol. The number of aliphatic hydroxyl groups excluding tert-OH is 1. The van der Waals surface area contributed by atoms with Crippen molar-refractivity contribution in [1.29, 1.82) is 0 Å². The van der Waals surface area contributed by atoms with Crippen LogP contribution in [0.1, 0.15) is 44.4 Å². The van der Waals surface area contributed by atoms with Crippen molar-refractivity contribution in [3.8, 4) is 5.75 Å². The van der Waals surface area contributed by atoms with Crippen LogP contribution in [-0.4, -0.2) is 48.5 Å². The van der Waals surface area contributed by atoms with Crippen molar-refractivity contribution >= 4 is 12.2 Å². The van der Waals surface area contributed by atoms with E-state index < -0.39 is 23.8 Å². The fraction of sp³-hybridized carbons (Fsp3) is 0.556. The highest BCUT2D eigenvalue weighted by Crippen LogP contribution is 2.25. The zero-order valence-corrected chi connectivity index (χ0v) is 15.8. The van der Waals surface area contributed by atoms with E-state index in [1.807, 2.05) is 13.0 Å². The molecule has 7 heteroatoms. The summed E-state index contributed by atoms with van der Waals surface area (Å²) in [6.45, 7) is 7.07. The van der Waals surface area contributed by atoms with Crippen LogP contribution in [0.4, 0.5) is 9.59 Å². The van der Waals surface area contributed by atoms with Gasteiger partial charge >= 0.3 is 12.2 Å². The van der Waals surface area contributed by atoms with Crippen LogP contribution in [0.5, 0.6) is 5.75 Å². The number of carbonyl (C=O) groups is 2. The van der Waals surface area contributed by atoms with Gasteiger partial charge in [-0.3, -0.25) is 0 Å². The van der Waals surface area contributed by atoms with Crippen molar-refractivity contribution in [3.63, 3.8) is 0 Å². The molecule has 2 amide bonds. The molecule has 0 spiro atoms. The molecule has 0 aliphatic carbocycles. The van der Waals surface area contributed by atoms with E-state index in [2.05, 4.69) is 5.32 Å². The molecule has 0 unspecified atom stereocenters. The van der Waals surface area contributed by atoms with Gasteiger partial charge in [0.05, 0.1) is 6.04 Å². The summed E-state index contributed by atoms with van der Waals surface area (Å²) in [6.07, 6.45) is -0.670. The van der Waals surface area contributed by atoms with Crippen molar-refractivity contribution in [3.05, 3.63) is 29.3 Å². The second-order valence-electron chi connectivity index (χ2n) is 7.00. The first-order valence-electron chi connectivity index (χ1n) is 8.13. The van der Waals surface area contributed by atoms with Crippen LogP contribution in [0.25, 0.3) is 0 Å². The number of carbonyl (C=O) groups excluding carboxylic acids is 2. The Morgan fingerprint density at radius 1 is 1.28 bits per heavy atom. The number of aliphatic hydroxyl groups is 1. The molecule has 0 heterocycles. The smallest absolute Gasteiger partial charge is 0.414 e. The molecule has 0 aromatic heterocycles. The van der Waals surface area contributed by atoms with Gasteiger partial charge in [0, 0.05) is 20.7 Å². The molecule has 1 aromatic carbocycles. The molecule has 1 aromatic rings. The Morgan fingerprint density at radius 3 is 2.40 bits per heavy atom. The Hall–Kier alpha value is -2.28. The highest BCUT2D eigenvalue weighted by Gasteiger charge is 2.21.